The Hall–Kier alpha value is -1.85. The molecule has 1 rings (SSSR count). The van der Waals surface area contributed by atoms with E-state index < -0.39 is 0 Å². The quantitative estimate of drug-likeness (QED) is 0.359. The average Bonchev–Trinajstić information content (AvgIpc) is 2.35. The highest BCUT2D eigenvalue weighted by molar-refractivity contribution is 5.82. The third-order valence-corrected chi connectivity index (χ3v) is 1.64. The zero-order valence-corrected chi connectivity index (χ0v) is 7.60. The van der Waals surface area contributed by atoms with Gasteiger partial charge in [-0.1, -0.05) is 0 Å². The summed E-state index contributed by atoms with van der Waals surface area (Å²) in [5.41, 5.74) is 12.1. The smallest absolute Gasteiger partial charge is 0.211 e. The summed E-state index contributed by atoms with van der Waals surface area (Å²) in [6.45, 7) is 1.93. The van der Waals surface area contributed by atoms with Crippen LogP contribution in [0.3, 0.4) is 0 Å². The van der Waals surface area contributed by atoms with Crippen LogP contribution >= 0.6 is 0 Å². The fourth-order valence-electron chi connectivity index (χ4n) is 0.800. The summed E-state index contributed by atoms with van der Waals surface area (Å²) in [7, 11) is 1.85. The molecule has 1 heterocycles. The van der Waals surface area contributed by atoms with Crippen molar-refractivity contribution in [3.8, 4) is 0 Å². The number of hydrogen-bond donors (Lipinski definition) is 2. The van der Waals surface area contributed by atoms with E-state index in [9.17, 15) is 0 Å². The number of rotatable bonds is 2. The third kappa shape index (κ3) is 2.29. The predicted octanol–water partition coefficient (Wildman–Crippen LogP) is -0.664. The second kappa shape index (κ2) is 3.70. The molecule has 0 bridgehead atoms. The first kappa shape index (κ1) is 9.24. The van der Waals surface area contributed by atoms with Crippen LogP contribution in [0.1, 0.15) is 11.3 Å². The van der Waals surface area contributed by atoms with E-state index in [-0.39, 0.29) is 5.96 Å². The molecule has 0 fully saturated rings. The Labute approximate surface area is 75.9 Å². The third-order valence-electron chi connectivity index (χ3n) is 1.64. The van der Waals surface area contributed by atoms with Crippen molar-refractivity contribution in [2.75, 3.05) is 0 Å². The number of nitrogens with zero attached hydrogens (tertiary/aromatic N) is 4. The van der Waals surface area contributed by atoms with Gasteiger partial charge < -0.3 is 11.5 Å². The van der Waals surface area contributed by atoms with Gasteiger partial charge in [-0.3, -0.25) is 4.68 Å². The fraction of sp³-hybridized carbons (Fsp3) is 0.286. The van der Waals surface area contributed by atoms with Crippen LogP contribution in [0.4, 0.5) is 0 Å². The van der Waals surface area contributed by atoms with Gasteiger partial charge in [-0.05, 0) is 6.92 Å². The molecule has 0 aliphatic rings. The summed E-state index contributed by atoms with van der Waals surface area (Å²) in [6.07, 6.45) is 3.25. The van der Waals surface area contributed by atoms with Gasteiger partial charge in [0.2, 0.25) is 5.96 Å². The Kier molecular flexibility index (Phi) is 2.63. The molecule has 0 radical (unpaired) electrons. The van der Waals surface area contributed by atoms with Crippen molar-refractivity contribution in [2.45, 2.75) is 6.92 Å². The molecule has 0 atom stereocenters. The monoisotopic (exact) mass is 180 g/mol. The largest absolute Gasteiger partial charge is 0.369 e. The van der Waals surface area contributed by atoms with Crippen LogP contribution in [0.25, 0.3) is 0 Å². The molecular weight excluding hydrogens is 168 g/mol. The zero-order valence-electron chi connectivity index (χ0n) is 7.60. The zero-order chi connectivity index (χ0) is 9.84. The van der Waals surface area contributed by atoms with E-state index in [1.165, 1.54) is 0 Å². The number of aromatic nitrogens is 2. The minimum Gasteiger partial charge on any atom is -0.369 e. The summed E-state index contributed by atoms with van der Waals surface area (Å²) < 4.78 is 1.75. The predicted molar refractivity (Wildman–Crippen MR) is 51.3 cm³/mol. The highest BCUT2D eigenvalue weighted by Crippen LogP contribution is 2.01. The molecule has 1 aromatic rings. The molecule has 0 spiro atoms. The van der Waals surface area contributed by atoms with Crippen LogP contribution < -0.4 is 11.5 Å². The number of guanidine groups is 1. The minimum absolute atomic E-state index is 0.0576. The van der Waals surface area contributed by atoms with E-state index in [0.29, 0.717) is 0 Å². The SMILES string of the molecule is Cc1c(C=NN=C(N)N)cnn1C. The van der Waals surface area contributed by atoms with Crippen molar-refractivity contribution in [1.29, 1.82) is 0 Å². The maximum atomic E-state index is 5.09. The van der Waals surface area contributed by atoms with Crippen molar-refractivity contribution in [3.05, 3.63) is 17.5 Å². The first-order chi connectivity index (χ1) is 6.11. The van der Waals surface area contributed by atoms with Crippen molar-refractivity contribution >= 4 is 12.2 Å². The highest BCUT2D eigenvalue weighted by Gasteiger charge is 1.98. The first-order valence-corrected chi connectivity index (χ1v) is 3.72. The van der Waals surface area contributed by atoms with Crippen molar-refractivity contribution < 1.29 is 0 Å². The number of nitrogens with two attached hydrogens (primary N) is 2. The lowest BCUT2D eigenvalue weighted by molar-refractivity contribution is 0.740. The van der Waals surface area contributed by atoms with Crippen LogP contribution in [0.15, 0.2) is 16.4 Å². The number of hydrogen-bond acceptors (Lipinski definition) is 3. The lowest BCUT2D eigenvalue weighted by Crippen LogP contribution is -2.21. The number of aryl methyl sites for hydroxylation is 1. The molecule has 0 aliphatic heterocycles. The second-order valence-corrected chi connectivity index (χ2v) is 2.58. The van der Waals surface area contributed by atoms with Gasteiger partial charge in [-0.2, -0.15) is 10.2 Å². The summed E-state index contributed by atoms with van der Waals surface area (Å²) >= 11 is 0. The first-order valence-electron chi connectivity index (χ1n) is 3.72. The molecule has 1 aromatic heterocycles. The molecule has 6 nitrogen and oxygen atoms in total. The van der Waals surface area contributed by atoms with E-state index in [4.69, 9.17) is 11.5 Å². The van der Waals surface area contributed by atoms with Crippen molar-refractivity contribution in [1.82, 2.24) is 9.78 Å². The lowest BCUT2D eigenvalue weighted by atomic mass is 10.3. The van der Waals surface area contributed by atoms with Crippen molar-refractivity contribution in [3.63, 3.8) is 0 Å². The molecule has 0 aliphatic carbocycles. The normalized spacial score (nSPS) is 10.6. The standard InChI is InChI=1S/C7H12N6/c1-5-6(4-11-13(5)2)3-10-12-7(8)9/h3-4H,1-2H3,(H4,8,9,12). The van der Waals surface area contributed by atoms with Gasteiger partial charge >= 0.3 is 0 Å². The Balaban J connectivity index is 2.80. The molecule has 6 heteroatoms. The molecule has 0 saturated carbocycles. The fourth-order valence-corrected chi connectivity index (χ4v) is 0.800. The van der Waals surface area contributed by atoms with Gasteiger partial charge in [-0.15, -0.1) is 5.10 Å². The highest BCUT2D eigenvalue weighted by atomic mass is 15.3. The maximum absolute atomic E-state index is 5.09. The van der Waals surface area contributed by atoms with Crippen LogP contribution in [0.2, 0.25) is 0 Å². The van der Waals surface area contributed by atoms with E-state index in [1.54, 1.807) is 17.1 Å². The Morgan fingerprint density at radius 1 is 1.62 bits per heavy atom. The second-order valence-electron chi connectivity index (χ2n) is 2.58. The summed E-state index contributed by atoms with van der Waals surface area (Å²) in [4.78, 5) is 0. The minimum atomic E-state index is -0.0576. The summed E-state index contributed by atoms with van der Waals surface area (Å²) in [6, 6.07) is 0. The van der Waals surface area contributed by atoms with Crippen LogP contribution in [0, 0.1) is 6.92 Å². The van der Waals surface area contributed by atoms with Gasteiger partial charge in [0.05, 0.1) is 12.4 Å². The summed E-state index contributed by atoms with van der Waals surface area (Å²) in [5.74, 6) is -0.0576. The van der Waals surface area contributed by atoms with Crippen LogP contribution in [-0.2, 0) is 7.05 Å². The topological polar surface area (TPSA) is 94.6 Å². The molecule has 0 unspecified atom stereocenters. The Morgan fingerprint density at radius 2 is 2.31 bits per heavy atom. The van der Waals surface area contributed by atoms with Gasteiger partial charge in [0.25, 0.3) is 0 Å². The average molecular weight is 180 g/mol. The molecule has 0 saturated heterocycles. The summed E-state index contributed by atoms with van der Waals surface area (Å²) in [5, 5.41) is 11.2. The molecular formula is C7H12N6. The van der Waals surface area contributed by atoms with Crippen LogP contribution in [0.5, 0.6) is 0 Å². The van der Waals surface area contributed by atoms with Gasteiger partial charge in [0.1, 0.15) is 0 Å². The van der Waals surface area contributed by atoms with E-state index in [0.717, 1.165) is 11.3 Å². The van der Waals surface area contributed by atoms with E-state index in [2.05, 4.69) is 15.3 Å². The van der Waals surface area contributed by atoms with Gasteiger partial charge in [-0.25, -0.2) is 0 Å². The van der Waals surface area contributed by atoms with Crippen molar-refractivity contribution in [2.24, 2.45) is 28.7 Å². The molecule has 70 valence electrons. The Bertz CT molecular complexity index is 344. The maximum Gasteiger partial charge on any atom is 0.211 e. The molecule has 13 heavy (non-hydrogen) atoms. The molecule has 4 N–H and O–H groups in total. The molecule has 0 amide bonds. The van der Waals surface area contributed by atoms with E-state index >= 15 is 0 Å². The van der Waals surface area contributed by atoms with Crippen LogP contribution in [-0.4, -0.2) is 22.0 Å². The van der Waals surface area contributed by atoms with E-state index in [1.807, 2.05) is 14.0 Å². The lowest BCUT2D eigenvalue weighted by Gasteiger charge is -1.92. The Morgan fingerprint density at radius 3 is 2.77 bits per heavy atom. The van der Waals surface area contributed by atoms with Gasteiger partial charge in [0.15, 0.2) is 0 Å². The molecule has 0 aromatic carbocycles. The van der Waals surface area contributed by atoms with Gasteiger partial charge in [0, 0.05) is 18.3 Å².